The predicted molar refractivity (Wildman–Crippen MR) is 163 cm³/mol. The van der Waals surface area contributed by atoms with Gasteiger partial charge in [-0.25, -0.2) is 9.36 Å². The number of aromatic amines is 1. The number of aliphatic hydroxyl groups is 1. The van der Waals surface area contributed by atoms with Crippen molar-refractivity contribution in [2.24, 2.45) is 11.3 Å². The number of hydrogen-bond acceptors (Lipinski definition) is 9. The highest BCUT2D eigenvalue weighted by Crippen LogP contribution is 2.62. The number of benzene rings is 2. The Labute approximate surface area is 255 Å². The molecule has 11 nitrogen and oxygen atoms in total. The summed E-state index contributed by atoms with van der Waals surface area (Å²) in [6.07, 6.45) is -0.555. The molecule has 2 heterocycles. The van der Waals surface area contributed by atoms with Crippen molar-refractivity contribution in [3.63, 3.8) is 0 Å². The Kier molecular flexibility index (Phi) is 9.32. The summed E-state index contributed by atoms with van der Waals surface area (Å²) < 4.78 is 39.3. The number of aryl methyl sites for hydroxylation is 1. The molecule has 1 aliphatic carbocycles. The van der Waals surface area contributed by atoms with Crippen LogP contribution in [0.3, 0.4) is 0 Å². The summed E-state index contributed by atoms with van der Waals surface area (Å²) >= 11 is 0. The topological polar surface area (TPSA) is 146 Å². The van der Waals surface area contributed by atoms with Gasteiger partial charge in [0.25, 0.3) is 5.56 Å². The lowest BCUT2D eigenvalue weighted by atomic mass is 9.96. The zero-order valence-electron chi connectivity index (χ0n) is 25.3. The van der Waals surface area contributed by atoms with Crippen LogP contribution in [0, 0.1) is 18.3 Å². The van der Waals surface area contributed by atoms with Gasteiger partial charge in [-0.2, -0.15) is 0 Å². The lowest BCUT2D eigenvalue weighted by Crippen LogP contribution is -2.35. The number of aliphatic hydroxyl groups excluding tert-OH is 1. The molecule has 44 heavy (non-hydrogen) atoms. The molecule has 5 rings (SSSR count). The Balaban J connectivity index is 1.35. The number of nitrogens with one attached hydrogen (secondary N) is 1. The third kappa shape index (κ3) is 6.91. The molecule has 2 aliphatic rings. The van der Waals surface area contributed by atoms with Crippen LogP contribution in [0.5, 0.6) is 5.75 Å². The maximum absolute atomic E-state index is 14.4. The second-order valence-corrected chi connectivity index (χ2v) is 14.1. The zero-order chi connectivity index (χ0) is 31.6. The van der Waals surface area contributed by atoms with Gasteiger partial charge in [-0.15, -0.1) is 0 Å². The van der Waals surface area contributed by atoms with Crippen molar-refractivity contribution in [1.82, 2.24) is 9.55 Å². The number of aromatic nitrogens is 2. The molecule has 0 amide bonds. The van der Waals surface area contributed by atoms with E-state index in [1.807, 2.05) is 69.3 Å². The molecule has 5 atom stereocenters. The van der Waals surface area contributed by atoms with Gasteiger partial charge in [0, 0.05) is 17.7 Å². The Bertz CT molecular complexity index is 1650. The van der Waals surface area contributed by atoms with Gasteiger partial charge >= 0.3 is 19.3 Å². The Morgan fingerprint density at radius 1 is 1.14 bits per heavy atom. The number of H-pyrrole nitrogens is 1. The van der Waals surface area contributed by atoms with E-state index < -0.39 is 54.6 Å². The Morgan fingerprint density at radius 3 is 2.52 bits per heavy atom. The summed E-state index contributed by atoms with van der Waals surface area (Å²) in [6, 6.07) is 16.1. The van der Waals surface area contributed by atoms with Crippen molar-refractivity contribution in [3.8, 4) is 5.75 Å². The first-order valence-corrected chi connectivity index (χ1v) is 16.5. The molecule has 0 radical (unpaired) electrons. The van der Waals surface area contributed by atoms with E-state index in [0.717, 1.165) is 16.7 Å². The number of carbonyl (C=O) groups excluding carboxylic acids is 1. The average Bonchev–Trinajstić information content (AvgIpc) is 3.74. The predicted octanol–water partition coefficient (Wildman–Crippen LogP) is 4.68. The zero-order valence-corrected chi connectivity index (χ0v) is 26.2. The van der Waals surface area contributed by atoms with Crippen LogP contribution < -0.4 is 15.8 Å². The van der Waals surface area contributed by atoms with Gasteiger partial charge in [-0.1, -0.05) is 63.2 Å². The van der Waals surface area contributed by atoms with Gasteiger partial charge in [-0.3, -0.25) is 23.7 Å². The molecule has 1 spiro atoms. The molecule has 1 aromatic heterocycles. The number of esters is 1. The maximum atomic E-state index is 14.4. The Morgan fingerprint density at radius 2 is 1.86 bits per heavy atom. The van der Waals surface area contributed by atoms with Crippen LogP contribution in [0.15, 0.2) is 70.4 Å². The molecule has 2 aromatic carbocycles. The fourth-order valence-corrected chi connectivity index (χ4v) is 7.40. The molecule has 1 aliphatic heterocycles. The van der Waals surface area contributed by atoms with E-state index in [1.165, 1.54) is 16.8 Å². The van der Waals surface area contributed by atoms with Crippen LogP contribution >= 0.6 is 7.60 Å². The molecule has 1 saturated heterocycles. The highest BCUT2D eigenvalue weighted by molar-refractivity contribution is 7.54. The molecular weight excluding hydrogens is 587 g/mol. The van der Waals surface area contributed by atoms with E-state index in [1.54, 1.807) is 6.92 Å². The van der Waals surface area contributed by atoms with Crippen molar-refractivity contribution >= 4 is 13.6 Å². The summed E-state index contributed by atoms with van der Waals surface area (Å²) in [6.45, 7) is 7.25. The molecule has 1 unspecified atom stereocenters. The first kappa shape index (κ1) is 31.9. The van der Waals surface area contributed by atoms with Crippen molar-refractivity contribution in [2.45, 2.75) is 71.5 Å². The highest BCUT2D eigenvalue weighted by atomic mass is 31.2. The van der Waals surface area contributed by atoms with Crippen LogP contribution in [0.4, 0.5) is 0 Å². The lowest BCUT2D eigenvalue weighted by molar-refractivity contribution is -0.148. The van der Waals surface area contributed by atoms with E-state index in [-0.39, 0.29) is 25.3 Å². The number of rotatable bonds is 12. The van der Waals surface area contributed by atoms with Crippen molar-refractivity contribution in [3.05, 3.63) is 98.3 Å². The smallest absolute Gasteiger partial charge is 0.380 e. The van der Waals surface area contributed by atoms with Crippen LogP contribution in [0.25, 0.3) is 0 Å². The summed E-state index contributed by atoms with van der Waals surface area (Å²) in [5, 5.41) is 11.2. The van der Waals surface area contributed by atoms with Gasteiger partial charge in [0.2, 0.25) is 0 Å². The average molecular weight is 627 g/mol. The lowest BCUT2D eigenvalue weighted by Gasteiger charge is -2.25. The SMILES string of the molecule is Cc1ccc(C(C)C)cc1OP(=O)(C[C@@H](C)C(=O)OCc1ccccc1)OC[C@H]1O[C@@H](n2ccc(=O)[nH]c2=O)C2(CC2)[C@@H]1O. The van der Waals surface area contributed by atoms with Gasteiger partial charge in [0.15, 0.2) is 0 Å². The minimum Gasteiger partial charge on any atom is -0.461 e. The van der Waals surface area contributed by atoms with E-state index in [2.05, 4.69) is 4.98 Å². The molecule has 12 heteroatoms. The monoisotopic (exact) mass is 626 g/mol. The van der Waals surface area contributed by atoms with Crippen LogP contribution in [0.1, 0.15) is 62.4 Å². The van der Waals surface area contributed by atoms with Gasteiger partial charge in [0.05, 0.1) is 24.8 Å². The van der Waals surface area contributed by atoms with Crippen molar-refractivity contribution in [1.29, 1.82) is 0 Å². The van der Waals surface area contributed by atoms with Crippen molar-refractivity contribution < 1.29 is 33.0 Å². The standard InChI is InChI=1S/C32H39N2O9P/c1-20(2)24-11-10-21(3)25(16-24)43-44(39,19-22(4)29(37)40-17-23-8-6-5-7-9-23)41-18-26-28(36)32(13-14-32)30(42-26)34-15-12-27(35)33-31(34)38/h5-12,15-16,20,22,26,28,30,36H,13-14,17-19H2,1-4H3,(H,33,35,38)/t22-,26-,28-,30-,44?/m1/s1. The quantitative estimate of drug-likeness (QED) is 0.216. The third-order valence-electron chi connectivity index (χ3n) is 8.34. The number of nitrogens with zero attached hydrogens (tertiary/aromatic N) is 1. The molecule has 236 valence electrons. The number of carbonyl (C=O) groups is 1. The minimum absolute atomic E-state index is 0.0707. The minimum atomic E-state index is -4.04. The van der Waals surface area contributed by atoms with Crippen LogP contribution in [-0.4, -0.2) is 45.6 Å². The fraction of sp³-hybridized carbons (Fsp3) is 0.469. The van der Waals surface area contributed by atoms with Gasteiger partial charge < -0.3 is 19.1 Å². The maximum Gasteiger partial charge on any atom is 0.380 e. The summed E-state index contributed by atoms with van der Waals surface area (Å²) in [7, 11) is -4.04. The van der Waals surface area contributed by atoms with Gasteiger partial charge in [-0.05, 0) is 48.4 Å². The normalized spacial score (nSPS) is 22.5. The van der Waals surface area contributed by atoms with E-state index in [9.17, 15) is 24.1 Å². The summed E-state index contributed by atoms with van der Waals surface area (Å²) in [5.74, 6) is -0.834. The molecule has 2 N–H and O–H groups in total. The van der Waals surface area contributed by atoms with E-state index in [4.69, 9.17) is 18.5 Å². The van der Waals surface area contributed by atoms with E-state index >= 15 is 0 Å². The molecule has 1 saturated carbocycles. The van der Waals surface area contributed by atoms with E-state index in [0.29, 0.717) is 18.6 Å². The van der Waals surface area contributed by atoms with Gasteiger partial charge in [0.1, 0.15) is 24.7 Å². The molecular formula is C32H39N2O9P. The fourth-order valence-electron chi connectivity index (χ4n) is 5.47. The second-order valence-electron chi connectivity index (χ2n) is 12.1. The largest absolute Gasteiger partial charge is 0.461 e. The summed E-state index contributed by atoms with van der Waals surface area (Å²) in [4.78, 5) is 39.3. The highest BCUT2D eigenvalue weighted by Gasteiger charge is 2.64. The van der Waals surface area contributed by atoms with Crippen LogP contribution in [0.2, 0.25) is 0 Å². The molecule has 2 fully saturated rings. The van der Waals surface area contributed by atoms with Crippen molar-refractivity contribution in [2.75, 3.05) is 12.8 Å². The first-order chi connectivity index (χ1) is 20.9. The molecule has 0 bridgehead atoms. The first-order valence-electron chi connectivity index (χ1n) is 14.8. The van der Waals surface area contributed by atoms with Crippen LogP contribution in [-0.2, 0) is 30.0 Å². The third-order valence-corrected chi connectivity index (χ3v) is 10.4. The number of hydrogen-bond donors (Lipinski definition) is 2. The molecule has 3 aromatic rings. The Hall–Kier alpha value is -3.50. The second kappa shape index (κ2) is 12.9. The summed E-state index contributed by atoms with van der Waals surface area (Å²) in [5.41, 5.74) is 0.608. The number of ether oxygens (including phenoxy) is 2.